The van der Waals surface area contributed by atoms with Crippen LogP contribution in [0, 0.1) is 0 Å². The van der Waals surface area contributed by atoms with Crippen LogP contribution < -0.4 is 64.2 Å². The molecule has 0 rings (SSSR count). The fourth-order valence-electron chi connectivity index (χ4n) is 2.56. The van der Waals surface area contributed by atoms with Crippen molar-refractivity contribution in [1.29, 1.82) is 0 Å². The second kappa shape index (κ2) is 21.8. The average Bonchev–Trinajstić information content (AvgIpc) is 2.51. The zero-order valence-electron chi connectivity index (χ0n) is 17.0. The van der Waals surface area contributed by atoms with Crippen LogP contribution in [0.4, 0.5) is 0 Å². The number of carboxylic acids is 1. The minimum atomic E-state index is -4.09. The van der Waals surface area contributed by atoms with Gasteiger partial charge in [-0.3, -0.25) is 0 Å². The topological polar surface area (TPSA) is 118 Å². The molecule has 6 nitrogen and oxygen atoms in total. The maximum atomic E-state index is 10.4. The van der Waals surface area contributed by atoms with Crippen molar-refractivity contribution in [2.24, 2.45) is 0 Å². The van der Waals surface area contributed by atoms with Gasteiger partial charge in [-0.2, -0.15) is 0 Å². The van der Waals surface area contributed by atoms with Crippen LogP contribution in [0.3, 0.4) is 0 Å². The minimum absolute atomic E-state index is 0. The molecule has 0 aliphatic rings. The molecule has 27 heavy (non-hydrogen) atoms. The molecule has 0 saturated carbocycles. The summed E-state index contributed by atoms with van der Waals surface area (Å²) in [5.74, 6) is -1.27. The molecule has 0 saturated heterocycles. The molecule has 9 heteroatoms. The van der Waals surface area contributed by atoms with Gasteiger partial charge in [0.2, 0.25) is 0 Å². The third kappa shape index (κ3) is 29.4. The van der Waals surface area contributed by atoms with Gasteiger partial charge in [-0.1, -0.05) is 50.7 Å². The zero-order valence-corrected chi connectivity index (χ0v) is 21.8. The third-order valence-corrected chi connectivity index (χ3v) is 4.80. The van der Waals surface area contributed by atoms with Gasteiger partial charge in [0.05, 0.1) is 16.2 Å². The van der Waals surface area contributed by atoms with Gasteiger partial charge < -0.3 is 19.6 Å². The predicted molar refractivity (Wildman–Crippen MR) is 94.7 cm³/mol. The summed E-state index contributed by atoms with van der Waals surface area (Å²) in [5, 5.41) is 20.1. The van der Waals surface area contributed by atoms with E-state index in [9.17, 15) is 28.0 Å². The van der Waals surface area contributed by atoms with Crippen molar-refractivity contribution in [3.05, 3.63) is 12.2 Å². The number of aliphatic hydroxyl groups excluding tert-OH is 1. The van der Waals surface area contributed by atoms with Gasteiger partial charge in [-0.15, -0.1) is 0 Å². The third-order valence-electron chi connectivity index (χ3n) is 4.01. The van der Waals surface area contributed by atoms with Crippen molar-refractivity contribution in [1.82, 2.24) is 0 Å². The van der Waals surface area contributed by atoms with E-state index >= 15 is 0 Å². The normalized spacial score (nSPS) is 12.4. The van der Waals surface area contributed by atoms with Gasteiger partial charge in [0.15, 0.2) is 0 Å². The van der Waals surface area contributed by atoms with E-state index in [1.54, 1.807) is 0 Å². The monoisotopic (exact) mass is 422 g/mol. The first-order valence-electron chi connectivity index (χ1n) is 9.28. The van der Waals surface area contributed by atoms with Crippen molar-refractivity contribution in [2.75, 3.05) is 5.75 Å². The van der Waals surface area contributed by atoms with Gasteiger partial charge in [0.1, 0.15) is 0 Å². The van der Waals surface area contributed by atoms with E-state index in [1.807, 2.05) is 6.08 Å². The quantitative estimate of drug-likeness (QED) is 0.112. The van der Waals surface area contributed by atoms with Crippen LogP contribution >= 0.6 is 0 Å². The summed E-state index contributed by atoms with van der Waals surface area (Å²) in [4.78, 5) is 10.2. The summed E-state index contributed by atoms with van der Waals surface area (Å²) < 4.78 is 31.3. The number of allylic oxidation sites excluding steroid dienone is 1. The zero-order chi connectivity index (χ0) is 19.0. The molecular formula is C18H32Na2O6S. The average molecular weight is 422 g/mol. The SMILES string of the molecule is O=C([O-])CCCCCCC/C=C/CC(O)CCCCCCS(=O)(=O)[O-].[Na+].[Na+]. The maximum Gasteiger partial charge on any atom is 1.00 e. The van der Waals surface area contributed by atoms with E-state index in [0.29, 0.717) is 32.1 Å². The van der Waals surface area contributed by atoms with E-state index in [2.05, 4.69) is 6.08 Å². The summed E-state index contributed by atoms with van der Waals surface area (Å²) in [6, 6.07) is 0. The molecule has 0 spiro atoms. The van der Waals surface area contributed by atoms with Gasteiger partial charge in [-0.25, -0.2) is 8.42 Å². The number of carbonyl (C=O) groups is 1. The van der Waals surface area contributed by atoms with Gasteiger partial charge in [-0.05, 0) is 44.9 Å². The fourth-order valence-corrected chi connectivity index (χ4v) is 3.12. The number of hydrogen-bond acceptors (Lipinski definition) is 6. The number of rotatable bonds is 17. The number of carbonyl (C=O) groups excluding carboxylic acids is 1. The Morgan fingerprint density at radius 1 is 0.889 bits per heavy atom. The summed E-state index contributed by atoms with van der Waals surface area (Å²) in [6.45, 7) is 0. The molecule has 0 fully saturated rings. The summed E-state index contributed by atoms with van der Waals surface area (Å²) in [6.07, 6.45) is 13.7. The van der Waals surface area contributed by atoms with Crippen molar-refractivity contribution in [3.8, 4) is 0 Å². The molecule has 0 aliphatic carbocycles. The van der Waals surface area contributed by atoms with Crippen molar-refractivity contribution < 1.29 is 87.1 Å². The Bertz CT molecular complexity index is 468. The van der Waals surface area contributed by atoms with Crippen LogP contribution in [-0.2, 0) is 14.9 Å². The molecule has 0 aliphatic heterocycles. The molecular weight excluding hydrogens is 390 g/mol. The Labute approximate surface area is 208 Å². The molecule has 1 atom stereocenters. The van der Waals surface area contributed by atoms with Gasteiger partial charge >= 0.3 is 59.1 Å². The molecule has 0 heterocycles. The Kier molecular flexibility index (Phi) is 26.4. The predicted octanol–water partition coefficient (Wildman–Crippen LogP) is -3.72. The second-order valence-corrected chi connectivity index (χ2v) is 8.03. The first-order valence-corrected chi connectivity index (χ1v) is 10.9. The first kappa shape index (κ1) is 32.7. The van der Waals surface area contributed by atoms with E-state index in [1.165, 1.54) is 0 Å². The van der Waals surface area contributed by atoms with Crippen LogP contribution in [0.1, 0.15) is 83.5 Å². The molecule has 148 valence electrons. The first-order chi connectivity index (χ1) is 11.8. The van der Waals surface area contributed by atoms with Crippen LogP contribution in [0.15, 0.2) is 12.2 Å². The standard InChI is InChI=1S/C18H34O6S.2Na/c19-17(14-10-7-8-12-16-25(22,23)24)13-9-5-3-1-2-4-6-11-15-18(20)21;;/h5,9,17,19H,1-4,6-8,10-16H2,(H,20,21)(H,22,23,24);;/q;2*+1/p-2/b9-5+;;. The Morgan fingerprint density at radius 3 is 2.07 bits per heavy atom. The van der Waals surface area contributed by atoms with Crippen LogP contribution in [0.25, 0.3) is 0 Å². The Balaban J connectivity index is -0.00000288. The Hall–Kier alpha value is 1.08. The summed E-state index contributed by atoms with van der Waals surface area (Å²) >= 11 is 0. The molecule has 0 aromatic rings. The number of hydrogen-bond donors (Lipinski definition) is 1. The minimum Gasteiger partial charge on any atom is -0.748 e. The van der Waals surface area contributed by atoms with Crippen molar-refractivity contribution >= 4 is 16.1 Å². The molecule has 0 radical (unpaired) electrons. The second-order valence-electron chi connectivity index (χ2n) is 6.50. The molecule has 0 bridgehead atoms. The Morgan fingerprint density at radius 2 is 1.44 bits per heavy atom. The molecule has 0 aromatic heterocycles. The number of carboxylic acid groups (broad SMARTS) is 1. The summed E-state index contributed by atoms with van der Waals surface area (Å²) in [7, 11) is -4.09. The van der Waals surface area contributed by atoms with E-state index < -0.39 is 16.1 Å². The number of aliphatic hydroxyl groups is 1. The molecule has 1 N–H and O–H groups in total. The number of aliphatic carboxylic acids is 1. The molecule has 0 amide bonds. The van der Waals surface area contributed by atoms with Crippen LogP contribution in [-0.4, -0.2) is 35.9 Å². The summed E-state index contributed by atoms with van der Waals surface area (Å²) in [5.41, 5.74) is 0. The smallest absolute Gasteiger partial charge is 0.748 e. The van der Waals surface area contributed by atoms with Crippen LogP contribution in [0.2, 0.25) is 0 Å². The van der Waals surface area contributed by atoms with Gasteiger partial charge in [0, 0.05) is 11.7 Å². The van der Waals surface area contributed by atoms with Crippen molar-refractivity contribution in [2.45, 2.75) is 89.6 Å². The van der Waals surface area contributed by atoms with E-state index in [0.717, 1.165) is 44.9 Å². The molecule has 0 aromatic carbocycles. The maximum absolute atomic E-state index is 10.4. The number of unbranched alkanes of at least 4 members (excludes halogenated alkanes) is 8. The van der Waals surface area contributed by atoms with E-state index in [4.69, 9.17) is 0 Å². The fraction of sp³-hybridized carbons (Fsp3) is 0.833. The van der Waals surface area contributed by atoms with Crippen molar-refractivity contribution in [3.63, 3.8) is 0 Å². The van der Waals surface area contributed by atoms with Gasteiger partial charge in [0.25, 0.3) is 0 Å². The van der Waals surface area contributed by atoms with Crippen LogP contribution in [0.5, 0.6) is 0 Å². The largest absolute Gasteiger partial charge is 1.00 e. The van der Waals surface area contributed by atoms with E-state index in [-0.39, 0.29) is 77.4 Å². The molecule has 1 unspecified atom stereocenters.